The van der Waals surface area contributed by atoms with E-state index in [9.17, 15) is 18.0 Å². The van der Waals surface area contributed by atoms with Crippen molar-refractivity contribution < 1.29 is 27.9 Å². The lowest BCUT2D eigenvalue weighted by Crippen LogP contribution is -2.45. The Bertz CT molecular complexity index is 781. The number of hydrogen-bond donors (Lipinski definition) is 3. The quantitative estimate of drug-likeness (QED) is 0.378. The summed E-state index contributed by atoms with van der Waals surface area (Å²) in [7, 11) is -3.78. The van der Waals surface area contributed by atoms with E-state index in [-0.39, 0.29) is 31.1 Å². The molecular weight excluding hydrogens is 372 g/mol. The van der Waals surface area contributed by atoms with Crippen LogP contribution in [0.1, 0.15) is 23.1 Å². The zero-order valence-corrected chi connectivity index (χ0v) is 16.6. The van der Waals surface area contributed by atoms with E-state index in [0.29, 0.717) is 11.1 Å². The highest BCUT2D eigenvalue weighted by atomic mass is 32.2. The SMILES string of the molecule is C=CCOCC(NC(=O)CCNS(=O)(=O)c1c(C)cc(C)cc1C)C(=O)O. The number of carbonyl (C=O) groups excluding carboxylic acids is 1. The van der Waals surface area contributed by atoms with Gasteiger partial charge in [0.1, 0.15) is 0 Å². The molecule has 1 rings (SSSR count). The van der Waals surface area contributed by atoms with E-state index in [1.807, 2.05) is 6.92 Å². The largest absolute Gasteiger partial charge is 0.480 e. The Kier molecular flexibility index (Phi) is 8.61. The molecule has 0 bridgehead atoms. The third-order valence-corrected chi connectivity index (χ3v) is 5.44. The smallest absolute Gasteiger partial charge is 0.328 e. The van der Waals surface area contributed by atoms with Crippen LogP contribution >= 0.6 is 0 Å². The van der Waals surface area contributed by atoms with E-state index in [1.165, 1.54) is 6.08 Å². The normalized spacial score (nSPS) is 12.4. The van der Waals surface area contributed by atoms with Gasteiger partial charge in [0.15, 0.2) is 6.04 Å². The summed E-state index contributed by atoms with van der Waals surface area (Å²) < 4.78 is 32.4. The first-order valence-electron chi connectivity index (χ1n) is 8.36. The second kappa shape index (κ2) is 10.2. The molecule has 1 atom stereocenters. The summed E-state index contributed by atoms with van der Waals surface area (Å²) in [6.45, 7) is 8.55. The van der Waals surface area contributed by atoms with Crippen molar-refractivity contribution in [3.63, 3.8) is 0 Å². The zero-order chi connectivity index (χ0) is 20.6. The number of sulfonamides is 1. The maximum Gasteiger partial charge on any atom is 0.328 e. The number of hydrogen-bond acceptors (Lipinski definition) is 5. The molecule has 8 nitrogen and oxygen atoms in total. The van der Waals surface area contributed by atoms with Gasteiger partial charge in [-0.25, -0.2) is 17.9 Å². The van der Waals surface area contributed by atoms with Crippen LogP contribution in [0, 0.1) is 20.8 Å². The van der Waals surface area contributed by atoms with Crippen LogP contribution in [0.5, 0.6) is 0 Å². The van der Waals surface area contributed by atoms with Crippen LogP contribution < -0.4 is 10.0 Å². The van der Waals surface area contributed by atoms with Gasteiger partial charge in [0, 0.05) is 13.0 Å². The minimum atomic E-state index is -3.78. The summed E-state index contributed by atoms with van der Waals surface area (Å²) in [4.78, 5) is 23.2. The number of ether oxygens (including phenoxy) is 1. The number of carboxylic acids is 1. The van der Waals surface area contributed by atoms with Crippen LogP contribution in [0.2, 0.25) is 0 Å². The zero-order valence-electron chi connectivity index (χ0n) is 15.7. The summed E-state index contributed by atoms with van der Waals surface area (Å²) in [6, 6.07) is 2.33. The van der Waals surface area contributed by atoms with Crippen molar-refractivity contribution in [3.05, 3.63) is 41.5 Å². The van der Waals surface area contributed by atoms with Crippen molar-refractivity contribution in [2.75, 3.05) is 19.8 Å². The summed E-state index contributed by atoms with van der Waals surface area (Å²) >= 11 is 0. The van der Waals surface area contributed by atoms with Crippen molar-refractivity contribution >= 4 is 21.9 Å². The van der Waals surface area contributed by atoms with E-state index in [0.717, 1.165) is 5.56 Å². The van der Waals surface area contributed by atoms with Gasteiger partial charge in [-0.2, -0.15) is 0 Å². The summed E-state index contributed by atoms with van der Waals surface area (Å²) in [5.74, 6) is -1.83. The van der Waals surface area contributed by atoms with Gasteiger partial charge in [-0.1, -0.05) is 23.8 Å². The number of nitrogens with one attached hydrogen (secondary N) is 2. The van der Waals surface area contributed by atoms with Gasteiger partial charge in [-0.15, -0.1) is 6.58 Å². The fourth-order valence-electron chi connectivity index (χ4n) is 2.67. The monoisotopic (exact) mass is 398 g/mol. The van der Waals surface area contributed by atoms with Gasteiger partial charge in [0.2, 0.25) is 15.9 Å². The lowest BCUT2D eigenvalue weighted by atomic mass is 10.1. The van der Waals surface area contributed by atoms with E-state index in [2.05, 4.69) is 16.6 Å². The molecule has 0 saturated heterocycles. The Hall–Kier alpha value is -2.23. The first-order valence-corrected chi connectivity index (χ1v) is 9.85. The fourth-order valence-corrected chi connectivity index (χ4v) is 4.15. The minimum absolute atomic E-state index is 0.152. The minimum Gasteiger partial charge on any atom is -0.480 e. The van der Waals surface area contributed by atoms with E-state index in [1.54, 1.807) is 26.0 Å². The number of amides is 1. The molecule has 1 amide bonds. The molecule has 0 aliphatic rings. The van der Waals surface area contributed by atoms with E-state index >= 15 is 0 Å². The molecule has 1 aromatic rings. The molecule has 0 spiro atoms. The Labute approximate surface area is 159 Å². The van der Waals surface area contributed by atoms with E-state index < -0.39 is 27.9 Å². The molecule has 0 aliphatic carbocycles. The molecular formula is C18H26N2O6S. The number of rotatable bonds is 11. The predicted molar refractivity (Wildman–Crippen MR) is 101 cm³/mol. The number of aliphatic carboxylic acids is 1. The maximum absolute atomic E-state index is 12.5. The van der Waals surface area contributed by atoms with Gasteiger partial charge in [-0.05, 0) is 31.9 Å². The van der Waals surface area contributed by atoms with Gasteiger partial charge >= 0.3 is 5.97 Å². The first kappa shape index (κ1) is 22.8. The molecule has 0 aromatic heterocycles. The molecule has 0 saturated carbocycles. The van der Waals surface area contributed by atoms with Gasteiger partial charge in [-0.3, -0.25) is 4.79 Å². The van der Waals surface area contributed by atoms with Gasteiger partial charge < -0.3 is 15.2 Å². The number of carboxylic acid groups (broad SMARTS) is 1. The van der Waals surface area contributed by atoms with Crippen LogP contribution in [0.25, 0.3) is 0 Å². The van der Waals surface area contributed by atoms with Crippen LogP contribution in [0.3, 0.4) is 0 Å². The molecule has 0 aliphatic heterocycles. The van der Waals surface area contributed by atoms with Crippen LogP contribution in [0.15, 0.2) is 29.7 Å². The van der Waals surface area contributed by atoms with Crippen LogP contribution in [-0.2, 0) is 24.3 Å². The third kappa shape index (κ3) is 7.12. The van der Waals surface area contributed by atoms with Crippen molar-refractivity contribution in [1.82, 2.24) is 10.0 Å². The second-order valence-electron chi connectivity index (χ2n) is 6.16. The average Bonchev–Trinajstić information content (AvgIpc) is 2.52. The number of aryl methyl sites for hydroxylation is 3. The lowest BCUT2D eigenvalue weighted by Gasteiger charge is -2.15. The fraction of sp³-hybridized carbons (Fsp3) is 0.444. The highest BCUT2D eigenvalue weighted by molar-refractivity contribution is 7.89. The molecule has 0 radical (unpaired) electrons. The van der Waals surface area contributed by atoms with Gasteiger partial charge in [0.25, 0.3) is 0 Å². The summed E-state index contributed by atoms with van der Waals surface area (Å²) in [6.07, 6.45) is 1.26. The standard InChI is InChI=1S/C18H26N2O6S/c1-5-8-26-11-15(18(22)23)20-16(21)6-7-19-27(24,25)17-13(3)9-12(2)10-14(17)4/h5,9-10,15,19H,1,6-8,11H2,2-4H3,(H,20,21)(H,22,23). The second-order valence-corrected chi connectivity index (χ2v) is 7.86. The van der Waals surface area contributed by atoms with E-state index in [4.69, 9.17) is 9.84 Å². The number of carbonyl (C=O) groups is 2. The molecule has 1 unspecified atom stereocenters. The topological polar surface area (TPSA) is 122 Å². The molecule has 27 heavy (non-hydrogen) atoms. The van der Waals surface area contributed by atoms with Crippen molar-refractivity contribution in [2.24, 2.45) is 0 Å². The van der Waals surface area contributed by atoms with Crippen molar-refractivity contribution in [1.29, 1.82) is 0 Å². The first-order chi connectivity index (χ1) is 12.6. The molecule has 3 N–H and O–H groups in total. The summed E-state index contributed by atoms with van der Waals surface area (Å²) in [5.41, 5.74) is 2.20. The van der Waals surface area contributed by atoms with Crippen LogP contribution in [-0.4, -0.2) is 51.2 Å². The Morgan fingerprint density at radius 2 is 1.85 bits per heavy atom. The Morgan fingerprint density at radius 3 is 2.37 bits per heavy atom. The van der Waals surface area contributed by atoms with Crippen molar-refractivity contribution in [3.8, 4) is 0 Å². The highest BCUT2D eigenvalue weighted by Gasteiger charge is 2.22. The molecule has 0 heterocycles. The molecule has 1 aromatic carbocycles. The average molecular weight is 398 g/mol. The van der Waals surface area contributed by atoms with Gasteiger partial charge in [0.05, 0.1) is 18.1 Å². The molecule has 9 heteroatoms. The molecule has 0 fully saturated rings. The van der Waals surface area contributed by atoms with Crippen LogP contribution in [0.4, 0.5) is 0 Å². The maximum atomic E-state index is 12.5. The Balaban J connectivity index is 2.64. The predicted octanol–water partition coefficient (Wildman–Crippen LogP) is 1.05. The summed E-state index contributed by atoms with van der Waals surface area (Å²) in [5, 5.41) is 11.4. The highest BCUT2D eigenvalue weighted by Crippen LogP contribution is 2.21. The van der Waals surface area contributed by atoms with Crippen molar-refractivity contribution in [2.45, 2.75) is 38.1 Å². The Morgan fingerprint density at radius 1 is 1.26 bits per heavy atom. The molecule has 150 valence electrons. The number of benzene rings is 1. The lowest BCUT2D eigenvalue weighted by molar-refractivity contribution is -0.143. The third-order valence-electron chi connectivity index (χ3n) is 3.67.